The first kappa shape index (κ1) is 14.2. The van der Waals surface area contributed by atoms with Crippen molar-refractivity contribution in [1.82, 2.24) is 0 Å². The van der Waals surface area contributed by atoms with E-state index in [4.69, 9.17) is 14.2 Å². The van der Waals surface area contributed by atoms with Gasteiger partial charge in [0.1, 0.15) is 10.2 Å². The van der Waals surface area contributed by atoms with Crippen molar-refractivity contribution >= 4 is 21.6 Å². The number of ether oxygens (including phenoxy) is 3. The highest BCUT2D eigenvalue weighted by atomic mass is 79.9. The maximum atomic E-state index is 10.8. The van der Waals surface area contributed by atoms with E-state index in [9.17, 15) is 10.1 Å². The molecule has 0 amide bonds. The lowest BCUT2D eigenvalue weighted by molar-refractivity contribution is -0.385. The van der Waals surface area contributed by atoms with Crippen LogP contribution in [0.25, 0.3) is 0 Å². The summed E-state index contributed by atoms with van der Waals surface area (Å²) < 4.78 is 16.6. The zero-order chi connectivity index (χ0) is 13.7. The fraction of sp³-hybridized carbons (Fsp3) is 0.500. The summed E-state index contributed by atoms with van der Waals surface area (Å²) in [6.07, 6.45) is 1.26. The molecule has 0 aromatic heterocycles. The van der Waals surface area contributed by atoms with Gasteiger partial charge in [0.2, 0.25) is 0 Å². The molecule has 2 rings (SSSR count). The highest BCUT2D eigenvalue weighted by Gasteiger charge is 2.17. The molecule has 1 heterocycles. The average molecular weight is 332 g/mol. The number of rotatable bonds is 5. The Morgan fingerprint density at radius 1 is 1.42 bits per heavy atom. The SMILES string of the molecule is O=[N+]([O-])c1cccc(OCCC2OCCCO2)c1Br. The molecule has 7 heteroatoms. The number of nitrogens with zero attached hydrogens (tertiary/aromatic N) is 1. The molecule has 19 heavy (non-hydrogen) atoms. The van der Waals surface area contributed by atoms with Gasteiger partial charge < -0.3 is 14.2 Å². The largest absolute Gasteiger partial charge is 0.492 e. The molecule has 1 fully saturated rings. The van der Waals surface area contributed by atoms with Gasteiger partial charge in [0.15, 0.2) is 6.29 Å². The molecule has 6 nitrogen and oxygen atoms in total. The third-order valence-corrected chi connectivity index (χ3v) is 3.44. The van der Waals surface area contributed by atoms with Crippen molar-refractivity contribution in [2.75, 3.05) is 19.8 Å². The Kier molecular flexibility index (Phi) is 5.12. The highest BCUT2D eigenvalue weighted by Crippen LogP contribution is 2.33. The van der Waals surface area contributed by atoms with Crippen molar-refractivity contribution in [3.8, 4) is 5.75 Å². The zero-order valence-electron chi connectivity index (χ0n) is 10.2. The van der Waals surface area contributed by atoms with Crippen LogP contribution < -0.4 is 4.74 Å². The van der Waals surface area contributed by atoms with Crippen molar-refractivity contribution < 1.29 is 19.1 Å². The van der Waals surface area contributed by atoms with Gasteiger partial charge in [0.25, 0.3) is 5.69 Å². The first-order valence-corrected chi connectivity index (χ1v) is 6.76. The van der Waals surface area contributed by atoms with Gasteiger partial charge >= 0.3 is 0 Å². The second-order valence-corrected chi connectivity index (χ2v) is 4.80. The fourth-order valence-corrected chi connectivity index (χ4v) is 2.24. The molecular weight excluding hydrogens is 318 g/mol. The number of nitro benzene ring substituents is 1. The lowest BCUT2D eigenvalue weighted by atomic mass is 10.3. The fourth-order valence-electron chi connectivity index (χ4n) is 1.72. The van der Waals surface area contributed by atoms with E-state index >= 15 is 0 Å². The summed E-state index contributed by atoms with van der Waals surface area (Å²) in [4.78, 5) is 10.3. The summed E-state index contributed by atoms with van der Waals surface area (Å²) in [5.41, 5.74) is -0.0114. The van der Waals surface area contributed by atoms with Crippen LogP contribution in [0.1, 0.15) is 12.8 Å². The molecule has 0 N–H and O–H groups in total. The van der Waals surface area contributed by atoms with E-state index in [2.05, 4.69) is 15.9 Å². The van der Waals surface area contributed by atoms with Crippen LogP contribution in [0, 0.1) is 10.1 Å². The Morgan fingerprint density at radius 2 is 2.16 bits per heavy atom. The van der Waals surface area contributed by atoms with Crippen molar-refractivity contribution in [2.24, 2.45) is 0 Å². The lowest BCUT2D eigenvalue weighted by Crippen LogP contribution is -2.26. The second-order valence-electron chi connectivity index (χ2n) is 4.01. The summed E-state index contributed by atoms with van der Waals surface area (Å²) in [6, 6.07) is 4.69. The third kappa shape index (κ3) is 3.89. The van der Waals surface area contributed by atoms with E-state index in [0.29, 0.717) is 36.5 Å². The number of hydrogen-bond acceptors (Lipinski definition) is 5. The van der Waals surface area contributed by atoms with Crippen LogP contribution in [0.4, 0.5) is 5.69 Å². The quantitative estimate of drug-likeness (QED) is 0.612. The summed E-state index contributed by atoms with van der Waals surface area (Å²) in [7, 11) is 0. The summed E-state index contributed by atoms with van der Waals surface area (Å²) >= 11 is 3.18. The molecule has 0 radical (unpaired) electrons. The molecule has 0 aliphatic carbocycles. The molecule has 0 unspecified atom stereocenters. The number of halogens is 1. The molecule has 1 aromatic rings. The molecule has 0 spiro atoms. The first-order valence-electron chi connectivity index (χ1n) is 5.97. The van der Waals surface area contributed by atoms with Crippen LogP contribution in [0.2, 0.25) is 0 Å². The molecule has 0 saturated carbocycles. The van der Waals surface area contributed by atoms with Gasteiger partial charge in [-0.05, 0) is 28.4 Å². The highest BCUT2D eigenvalue weighted by molar-refractivity contribution is 9.10. The van der Waals surface area contributed by atoms with Crippen molar-refractivity contribution in [3.05, 3.63) is 32.8 Å². The molecule has 104 valence electrons. The van der Waals surface area contributed by atoms with Gasteiger partial charge in [0, 0.05) is 12.5 Å². The van der Waals surface area contributed by atoms with Crippen LogP contribution in [-0.4, -0.2) is 31.0 Å². The lowest BCUT2D eigenvalue weighted by Gasteiger charge is -2.23. The van der Waals surface area contributed by atoms with Crippen LogP contribution in [0.15, 0.2) is 22.7 Å². The van der Waals surface area contributed by atoms with Gasteiger partial charge in [-0.2, -0.15) is 0 Å². The molecule has 1 saturated heterocycles. The van der Waals surface area contributed by atoms with Crippen molar-refractivity contribution in [2.45, 2.75) is 19.1 Å². The summed E-state index contributed by atoms with van der Waals surface area (Å²) in [6.45, 7) is 1.78. The van der Waals surface area contributed by atoms with Crippen molar-refractivity contribution in [3.63, 3.8) is 0 Å². The standard InChI is InChI=1S/C12H14BrNO5/c13-12-9(14(15)16)3-1-4-10(12)17-8-5-11-18-6-2-7-19-11/h1,3-4,11H,2,5-8H2. The van der Waals surface area contributed by atoms with Crippen LogP contribution in [-0.2, 0) is 9.47 Å². The van der Waals surface area contributed by atoms with Gasteiger partial charge in [-0.1, -0.05) is 6.07 Å². The number of hydrogen-bond donors (Lipinski definition) is 0. The first-order chi connectivity index (χ1) is 9.18. The molecular formula is C12H14BrNO5. The summed E-state index contributed by atoms with van der Waals surface area (Å²) in [5.74, 6) is 0.449. The molecule has 1 aliphatic rings. The van der Waals surface area contributed by atoms with Gasteiger partial charge in [-0.15, -0.1) is 0 Å². The molecule has 0 atom stereocenters. The predicted octanol–water partition coefficient (Wildman–Crippen LogP) is 2.89. The van der Waals surface area contributed by atoms with E-state index in [1.165, 1.54) is 6.07 Å². The molecule has 0 bridgehead atoms. The van der Waals surface area contributed by atoms with Crippen molar-refractivity contribution in [1.29, 1.82) is 0 Å². The van der Waals surface area contributed by atoms with E-state index in [-0.39, 0.29) is 12.0 Å². The molecule has 1 aliphatic heterocycles. The van der Waals surface area contributed by atoms with E-state index in [0.717, 1.165) is 6.42 Å². The Morgan fingerprint density at radius 3 is 2.84 bits per heavy atom. The third-order valence-electron chi connectivity index (χ3n) is 2.65. The minimum absolute atomic E-state index is 0.0114. The molecule has 1 aromatic carbocycles. The minimum atomic E-state index is -0.454. The van der Waals surface area contributed by atoms with Crippen LogP contribution in [0.3, 0.4) is 0 Å². The van der Waals surface area contributed by atoms with Gasteiger partial charge in [-0.3, -0.25) is 10.1 Å². The predicted molar refractivity (Wildman–Crippen MR) is 71.2 cm³/mol. The normalized spacial score (nSPS) is 16.3. The summed E-state index contributed by atoms with van der Waals surface area (Å²) in [5, 5.41) is 10.8. The zero-order valence-corrected chi connectivity index (χ0v) is 11.8. The maximum Gasteiger partial charge on any atom is 0.287 e. The Labute approximate surface area is 118 Å². The van der Waals surface area contributed by atoms with Crippen LogP contribution in [0.5, 0.6) is 5.75 Å². The minimum Gasteiger partial charge on any atom is -0.492 e. The van der Waals surface area contributed by atoms with E-state index in [1.54, 1.807) is 12.1 Å². The number of benzene rings is 1. The van der Waals surface area contributed by atoms with Gasteiger partial charge in [-0.25, -0.2) is 0 Å². The number of nitro groups is 1. The topological polar surface area (TPSA) is 70.8 Å². The monoisotopic (exact) mass is 331 g/mol. The van der Waals surface area contributed by atoms with Crippen LogP contribution >= 0.6 is 15.9 Å². The van der Waals surface area contributed by atoms with Gasteiger partial charge in [0.05, 0.1) is 24.7 Å². The Bertz CT molecular complexity index is 448. The Balaban J connectivity index is 1.88. The smallest absolute Gasteiger partial charge is 0.287 e. The second kappa shape index (κ2) is 6.83. The van der Waals surface area contributed by atoms with E-state index in [1.807, 2.05) is 0 Å². The van der Waals surface area contributed by atoms with E-state index < -0.39 is 4.92 Å². The average Bonchev–Trinajstić information content (AvgIpc) is 2.41. The maximum absolute atomic E-state index is 10.8. The Hall–Kier alpha value is -1.18.